The molecule has 1 amide bonds. The smallest absolute Gasteiger partial charge is 0.268 e. The van der Waals surface area contributed by atoms with Crippen molar-refractivity contribution in [2.75, 3.05) is 26.9 Å². The lowest BCUT2D eigenvalue weighted by Gasteiger charge is -2.18. The number of ether oxygens (including phenoxy) is 2. The van der Waals surface area contributed by atoms with Gasteiger partial charge in [0.25, 0.3) is 5.92 Å². The summed E-state index contributed by atoms with van der Waals surface area (Å²) in [5, 5.41) is 9.75. The van der Waals surface area contributed by atoms with Gasteiger partial charge in [-0.15, -0.1) is 0 Å². The molecule has 1 atom stereocenters. The molecule has 1 aliphatic heterocycles. The van der Waals surface area contributed by atoms with Crippen molar-refractivity contribution in [1.29, 1.82) is 5.26 Å². The second-order valence-corrected chi connectivity index (χ2v) is 8.61. The summed E-state index contributed by atoms with van der Waals surface area (Å²) in [5.41, 5.74) is 2.82. The fraction of sp³-hybridized carbons (Fsp3) is 0.333. The van der Waals surface area contributed by atoms with Crippen LogP contribution < -0.4 is 4.74 Å². The van der Waals surface area contributed by atoms with E-state index in [9.17, 15) is 18.4 Å². The number of benzene rings is 2. The summed E-state index contributed by atoms with van der Waals surface area (Å²) in [7, 11) is 1.61. The Kier molecular flexibility index (Phi) is 9.18. The number of carbonyl (C=O) groups excluding carboxylic acids is 2. The standard InChI is InChI=1S/C27H25F2N3O4.H2S/c1-35-12-13-36-21-5-2-18(3-6-21)19-4-7-24-23(14-19)22(10-11-31-24)25(33)8-9-26(34)32-17-27(28,29)15-20(32)16-30;/h2-7,10-11,14,20H,8-9,12-13,15,17H2,1H3;1H2/t20-;/m0./s1. The maximum absolute atomic E-state index is 13.7. The number of nitrogens with zero attached hydrogens (tertiary/aromatic N) is 3. The van der Waals surface area contributed by atoms with E-state index in [0.717, 1.165) is 16.0 Å². The summed E-state index contributed by atoms with van der Waals surface area (Å²) < 4.78 is 37.9. The predicted octanol–water partition coefficient (Wildman–Crippen LogP) is 4.76. The van der Waals surface area contributed by atoms with Gasteiger partial charge in [0.15, 0.2) is 5.78 Å². The van der Waals surface area contributed by atoms with Gasteiger partial charge in [-0.3, -0.25) is 14.6 Å². The molecular weight excluding hydrogens is 500 g/mol. The Labute approximate surface area is 220 Å². The van der Waals surface area contributed by atoms with Gasteiger partial charge in [0, 0.05) is 43.5 Å². The first-order valence-corrected chi connectivity index (χ1v) is 11.5. The zero-order valence-electron chi connectivity index (χ0n) is 20.2. The van der Waals surface area contributed by atoms with Gasteiger partial charge in [0.1, 0.15) is 18.4 Å². The van der Waals surface area contributed by atoms with Gasteiger partial charge in [-0.25, -0.2) is 8.78 Å². The molecule has 7 nitrogen and oxygen atoms in total. The minimum atomic E-state index is -3.09. The monoisotopic (exact) mass is 527 g/mol. The van der Waals surface area contributed by atoms with Crippen molar-refractivity contribution < 1.29 is 27.8 Å². The molecule has 1 saturated heterocycles. The van der Waals surface area contributed by atoms with E-state index in [0.29, 0.717) is 35.4 Å². The van der Waals surface area contributed by atoms with Crippen LogP contribution in [0.15, 0.2) is 54.7 Å². The number of hydrogen-bond donors (Lipinski definition) is 0. The predicted molar refractivity (Wildman–Crippen MR) is 139 cm³/mol. The Morgan fingerprint density at radius 2 is 1.84 bits per heavy atom. The van der Waals surface area contributed by atoms with Crippen LogP contribution in [0.1, 0.15) is 29.6 Å². The molecule has 0 N–H and O–H groups in total. The maximum atomic E-state index is 13.7. The lowest BCUT2D eigenvalue weighted by Crippen LogP contribution is -2.36. The number of methoxy groups -OCH3 is 1. The van der Waals surface area contributed by atoms with Crippen molar-refractivity contribution in [3.8, 4) is 22.9 Å². The van der Waals surface area contributed by atoms with E-state index in [4.69, 9.17) is 14.7 Å². The van der Waals surface area contributed by atoms with E-state index >= 15 is 0 Å². The van der Waals surface area contributed by atoms with Crippen LogP contribution in [0.5, 0.6) is 5.75 Å². The highest BCUT2D eigenvalue weighted by Gasteiger charge is 2.47. The van der Waals surface area contributed by atoms with Crippen LogP contribution in [-0.4, -0.2) is 60.4 Å². The number of alkyl halides is 2. The van der Waals surface area contributed by atoms with E-state index in [2.05, 4.69) is 4.98 Å². The number of likely N-dealkylation sites (tertiary alicyclic amines) is 1. The van der Waals surface area contributed by atoms with Crippen LogP contribution in [0, 0.1) is 11.3 Å². The number of Topliss-reactive ketones (excluding diaryl/α,β-unsaturated/α-hetero) is 1. The molecule has 1 aliphatic rings. The molecule has 0 radical (unpaired) electrons. The first-order valence-electron chi connectivity index (χ1n) is 11.5. The molecule has 0 bridgehead atoms. The molecular formula is C27H27F2N3O4S. The topological polar surface area (TPSA) is 92.5 Å². The molecule has 1 aromatic heterocycles. The van der Waals surface area contributed by atoms with Gasteiger partial charge in [0.2, 0.25) is 5.91 Å². The first kappa shape index (κ1) is 28.0. The quantitative estimate of drug-likeness (QED) is 0.294. The van der Waals surface area contributed by atoms with Crippen LogP contribution in [0.3, 0.4) is 0 Å². The zero-order chi connectivity index (χ0) is 25.7. The number of hydrogen-bond acceptors (Lipinski definition) is 6. The number of rotatable bonds is 9. The highest BCUT2D eigenvalue weighted by molar-refractivity contribution is 7.59. The molecule has 4 rings (SSSR count). The highest BCUT2D eigenvalue weighted by atomic mass is 32.1. The maximum Gasteiger partial charge on any atom is 0.268 e. The Balaban J connectivity index is 0.00000380. The third-order valence-corrected chi connectivity index (χ3v) is 6.09. The Hall–Kier alpha value is -3.55. The van der Waals surface area contributed by atoms with Crippen LogP contribution in [0.2, 0.25) is 0 Å². The average molecular weight is 528 g/mol. The number of carbonyl (C=O) groups is 2. The molecule has 0 saturated carbocycles. The van der Waals surface area contributed by atoms with Gasteiger partial charge in [-0.1, -0.05) is 18.2 Å². The number of nitriles is 1. The van der Waals surface area contributed by atoms with Crippen molar-refractivity contribution in [3.63, 3.8) is 0 Å². The molecule has 2 heterocycles. The number of pyridine rings is 1. The number of ketones is 1. The van der Waals surface area contributed by atoms with Crippen molar-refractivity contribution in [1.82, 2.24) is 9.88 Å². The Bertz CT molecular complexity index is 1310. The van der Waals surface area contributed by atoms with Crippen molar-refractivity contribution >= 4 is 36.1 Å². The summed E-state index contributed by atoms with van der Waals surface area (Å²) in [6.07, 6.45) is 0.439. The fourth-order valence-electron chi connectivity index (χ4n) is 4.25. The SMILES string of the molecule is COCCOc1ccc(-c2ccc3nccc(C(=O)CCC(=O)N4CC(F)(F)C[C@H]4C#N)c3c2)cc1.S. The summed E-state index contributed by atoms with van der Waals surface area (Å²) in [4.78, 5) is 30.8. The molecule has 2 aromatic carbocycles. The normalized spacial score (nSPS) is 16.2. The first-order chi connectivity index (χ1) is 17.3. The van der Waals surface area contributed by atoms with Crippen LogP contribution in [0.25, 0.3) is 22.0 Å². The second-order valence-electron chi connectivity index (χ2n) is 8.61. The van der Waals surface area contributed by atoms with E-state index in [1.807, 2.05) is 42.5 Å². The molecule has 0 aliphatic carbocycles. The van der Waals surface area contributed by atoms with Crippen molar-refractivity contribution in [2.45, 2.75) is 31.2 Å². The third kappa shape index (κ3) is 6.61. The fourth-order valence-corrected chi connectivity index (χ4v) is 4.25. The van der Waals surface area contributed by atoms with Crippen molar-refractivity contribution in [3.05, 3.63) is 60.3 Å². The summed E-state index contributed by atoms with van der Waals surface area (Å²) in [5.74, 6) is -3.30. The minimum Gasteiger partial charge on any atom is -0.491 e. The van der Waals surface area contributed by atoms with E-state index in [1.54, 1.807) is 19.2 Å². The molecule has 10 heteroatoms. The number of halogens is 2. The number of aromatic nitrogens is 1. The third-order valence-electron chi connectivity index (χ3n) is 6.09. The highest BCUT2D eigenvalue weighted by Crippen LogP contribution is 2.32. The van der Waals surface area contributed by atoms with Crippen LogP contribution in [0.4, 0.5) is 8.78 Å². The van der Waals surface area contributed by atoms with Crippen LogP contribution >= 0.6 is 13.5 Å². The van der Waals surface area contributed by atoms with E-state index in [1.165, 1.54) is 6.20 Å². The van der Waals surface area contributed by atoms with Crippen molar-refractivity contribution in [2.24, 2.45) is 0 Å². The molecule has 37 heavy (non-hydrogen) atoms. The molecule has 0 unspecified atom stereocenters. The number of fused-ring (bicyclic) bond motifs is 1. The van der Waals surface area contributed by atoms with E-state index in [-0.39, 0.29) is 32.1 Å². The minimum absolute atomic E-state index is 0. The average Bonchev–Trinajstić information content (AvgIpc) is 3.21. The summed E-state index contributed by atoms with van der Waals surface area (Å²) in [6, 6.07) is 15.3. The zero-order valence-corrected chi connectivity index (χ0v) is 21.2. The number of amides is 1. The Morgan fingerprint density at radius 3 is 2.54 bits per heavy atom. The van der Waals surface area contributed by atoms with Gasteiger partial charge >= 0.3 is 0 Å². The lowest BCUT2D eigenvalue weighted by atomic mass is 9.97. The summed E-state index contributed by atoms with van der Waals surface area (Å²) >= 11 is 0. The van der Waals surface area contributed by atoms with E-state index < -0.39 is 30.8 Å². The van der Waals surface area contributed by atoms with Crippen LogP contribution in [-0.2, 0) is 9.53 Å². The van der Waals surface area contributed by atoms with Gasteiger partial charge in [-0.2, -0.15) is 18.8 Å². The van der Waals surface area contributed by atoms with Gasteiger partial charge in [0.05, 0.1) is 24.7 Å². The Morgan fingerprint density at radius 1 is 1.11 bits per heavy atom. The molecule has 194 valence electrons. The molecule has 0 spiro atoms. The largest absolute Gasteiger partial charge is 0.491 e. The molecule has 3 aromatic rings. The van der Waals surface area contributed by atoms with Gasteiger partial charge in [-0.05, 0) is 41.5 Å². The second kappa shape index (κ2) is 12.1. The lowest BCUT2D eigenvalue weighted by molar-refractivity contribution is -0.132. The van der Waals surface area contributed by atoms with Gasteiger partial charge < -0.3 is 14.4 Å². The summed E-state index contributed by atoms with van der Waals surface area (Å²) in [6.45, 7) is 0.143. The molecule has 1 fully saturated rings.